The molecule has 0 bridgehead atoms. The molecular formula is C59H65BN2O. The van der Waals surface area contributed by atoms with E-state index in [1.165, 1.54) is 77.9 Å². The Kier molecular flexibility index (Phi) is 9.07. The zero-order valence-electron chi connectivity index (χ0n) is 40.3. The summed E-state index contributed by atoms with van der Waals surface area (Å²) in [5, 5.41) is 1.19. The van der Waals surface area contributed by atoms with Crippen LogP contribution < -0.4 is 26.4 Å². The van der Waals surface area contributed by atoms with Crippen molar-refractivity contribution >= 4 is 68.4 Å². The molecule has 4 heteroatoms. The van der Waals surface area contributed by atoms with Crippen LogP contribution in [0.25, 0.3) is 22.1 Å². The molecule has 320 valence electrons. The number of nitrogens with zero attached hydrogens (tertiary/aromatic N) is 2. The van der Waals surface area contributed by atoms with Crippen molar-refractivity contribution in [1.82, 2.24) is 0 Å². The molecule has 0 amide bonds. The Morgan fingerprint density at radius 3 is 1.68 bits per heavy atom. The molecule has 6 aromatic carbocycles. The first-order valence-electron chi connectivity index (χ1n) is 23.3. The van der Waals surface area contributed by atoms with Crippen LogP contribution in [-0.2, 0) is 27.1 Å². The van der Waals surface area contributed by atoms with E-state index in [2.05, 4.69) is 222 Å². The molecule has 63 heavy (non-hydrogen) atoms. The van der Waals surface area contributed by atoms with Gasteiger partial charge in [-0.15, -0.1) is 0 Å². The van der Waals surface area contributed by atoms with E-state index in [1.54, 1.807) is 0 Å². The monoisotopic (exact) mass is 829 g/mol. The SMILES string of the molecule is Cc1cc2c3c(c1)N(c1ccc(C(C)(C)C)cc1-c1ccccc1)c1c(oc4cc5c(cc14)C(C)(C)CCC5(C)C)B3c1cc(C(C)(C)C)ccc1N2c1ccc(C(C)(C)C)cc1. The average Bonchev–Trinajstić information content (AvgIpc) is 3.59. The number of benzene rings is 6. The van der Waals surface area contributed by atoms with Gasteiger partial charge in [0.2, 0.25) is 0 Å². The van der Waals surface area contributed by atoms with E-state index in [4.69, 9.17) is 4.42 Å². The Morgan fingerprint density at radius 2 is 1.08 bits per heavy atom. The predicted octanol–water partition coefficient (Wildman–Crippen LogP) is 14.7. The molecule has 10 rings (SSSR count). The minimum atomic E-state index is -0.122. The maximum atomic E-state index is 7.59. The Labute approximate surface area is 377 Å². The van der Waals surface area contributed by atoms with E-state index >= 15 is 0 Å². The summed E-state index contributed by atoms with van der Waals surface area (Å²) in [6.07, 6.45) is 2.30. The molecule has 1 aromatic heterocycles. The van der Waals surface area contributed by atoms with Crippen LogP contribution in [0.4, 0.5) is 34.1 Å². The molecule has 3 nitrogen and oxygen atoms in total. The number of aryl methyl sites for hydroxylation is 1. The lowest BCUT2D eigenvalue weighted by Gasteiger charge is -2.44. The lowest BCUT2D eigenvalue weighted by Crippen LogP contribution is -2.61. The van der Waals surface area contributed by atoms with Gasteiger partial charge >= 0.3 is 0 Å². The molecule has 1 aliphatic carbocycles. The van der Waals surface area contributed by atoms with E-state index in [-0.39, 0.29) is 33.8 Å². The van der Waals surface area contributed by atoms with Crippen LogP contribution in [0.2, 0.25) is 0 Å². The van der Waals surface area contributed by atoms with Crippen molar-refractivity contribution in [3.63, 3.8) is 0 Å². The van der Waals surface area contributed by atoms with Crippen LogP contribution >= 0.6 is 0 Å². The molecule has 0 atom stereocenters. The van der Waals surface area contributed by atoms with Gasteiger partial charge in [0.25, 0.3) is 6.71 Å². The third-order valence-corrected chi connectivity index (χ3v) is 14.8. The van der Waals surface area contributed by atoms with Gasteiger partial charge in [-0.2, -0.15) is 0 Å². The van der Waals surface area contributed by atoms with E-state index in [1.807, 2.05) is 0 Å². The van der Waals surface area contributed by atoms with Gasteiger partial charge in [0, 0.05) is 33.7 Å². The van der Waals surface area contributed by atoms with Crippen molar-refractivity contribution in [3.8, 4) is 11.1 Å². The molecule has 2 aliphatic heterocycles. The third-order valence-electron chi connectivity index (χ3n) is 14.8. The number of hydrogen-bond acceptors (Lipinski definition) is 3. The Morgan fingerprint density at radius 1 is 0.540 bits per heavy atom. The van der Waals surface area contributed by atoms with Gasteiger partial charge in [-0.3, -0.25) is 0 Å². The summed E-state index contributed by atoms with van der Waals surface area (Å²) in [6.45, 7) is 32.7. The van der Waals surface area contributed by atoms with Crippen LogP contribution in [0, 0.1) is 6.92 Å². The summed E-state index contributed by atoms with van der Waals surface area (Å²) in [5.41, 5.74) is 22.2. The largest absolute Gasteiger partial charge is 0.468 e. The lowest BCUT2D eigenvalue weighted by molar-refractivity contribution is 0.332. The summed E-state index contributed by atoms with van der Waals surface area (Å²) in [4.78, 5) is 5.14. The molecule has 0 spiro atoms. The summed E-state index contributed by atoms with van der Waals surface area (Å²) in [7, 11) is 0. The molecule has 0 saturated carbocycles. The van der Waals surface area contributed by atoms with Crippen molar-refractivity contribution in [2.45, 2.75) is 137 Å². The maximum Gasteiger partial charge on any atom is 0.297 e. The normalized spacial score (nSPS) is 16.4. The second kappa shape index (κ2) is 13.8. The van der Waals surface area contributed by atoms with E-state index in [0.29, 0.717) is 0 Å². The van der Waals surface area contributed by atoms with Crippen molar-refractivity contribution in [2.75, 3.05) is 9.80 Å². The molecule has 0 saturated heterocycles. The number of anilines is 6. The van der Waals surface area contributed by atoms with E-state index in [9.17, 15) is 0 Å². The summed E-state index contributed by atoms with van der Waals surface area (Å²) in [6, 6.07) is 44.6. The zero-order valence-corrected chi connectivity index (χ0v) is 40.3. The summed E-state index contributed by atoms with van der Waals surface area (Å²) < 4.78 is 7.59. The van der Waals surface area contributed by atoms with Gasteiger partial charge in [-0.05, 0) is 151 Å². The van der Waals surface area contributed by atoms with Gasteiger partial charge in [0.05, 0.1) is 17.0 Å². The van der Waals surface area contributed by atoms with Gasteiger partial charge < -0.3 is 14.2 Å². The highest BCUT2D eigenvalue weighted by molar-refractivity contribution is 7.00. The minimum absolute atomic E-state index is 0.0278. The van der Waals surface area contributed by atoms with Crippen LogP contribution in [0.15, 0.2) is 120 Å². The molecular weight excluding hydrogens is 763 g/mol. The Balaban J connectivity index is 1.35. The molecule has 3 aliphatic rings. The number of fused-ring (bicyclic) bond motifs is 7. The third kappa shape index (κ3) is 6.60. The summed E-state index contributed by atoms with van der Waals surface area (Å²) in [5.74, 6) is 0. The molecule has 0 radical (unpaired) electrons. The number of rotatable bonds is 3. The Hall–Kier alpha value is -5.48. The van der Waals surface area contributed by atoms with Crippen LogP contribution in [0.1, 0.15) is 136 Å². The average molecular weight is 829 g/mol. The van der Waals surface area contributed by atoms with Gasteiger partial charge in [0.1, 0.15) is 5.58 Å². The predicted molar refractivity (Wildman–Crippen MR) is 272 cm³/mol. The highest BCUT2D eigenvalue weighted by Gasteiger charge is 2.48. The Bertz CT molecular complexity index is 2960. The van der Waals surface area contributed by atoms with Gasteiger partial charge in [0.15, 0.2) is 0 Å². The van der Waals surface area contributed by atoms with Crippen molar-refractivity contribution < 1.29 is 4.42 Å². The maximum absolute atomic E-state index is 7.59. The van der Waals surface area contributed by atoms with E-state index < -0.39 is 0 Å². The fraction of sp³-hybridized carbons (Fsp3) is 0.356. The number of hydrogen-bond donors (Lipinski definition) is 0. The minimum Gasteiger partial charge on any atom is -0.468 e. The highest BCUT2D eigenvalue weighted by Crippen LogP contribution is 2.53. The smallest absolute Gasteiger partial charge is 0.297 e. The van der Waals surface area contributed by atoms with Gasteiger partial charge in [-0.1, -0.05) is 151 Å². The topological polar surface area (TPSA) is 19.6 Å². The standard InChI is InChI=1S/C59H65BN2O/c1-36-30-49-52-50(31-36)62(47-26-22-39(56(5,6)7)32-42(47)37-18-16-15-17-19-37)53-43-34-44-45(59(13,14)29-28-58(44,11)12)35-51(43)63-54(53)60(52)46-33-40(57(8,9)10)23-27-48(46)61(49)41-24-20-38(21-25-41)55(2,3)4/h15-27,30-35H,28-29H2,1-14H3. The van der Waals surface area contributed by atoms with Crippen molar-refractivity contribution in [2.24, 2.45) is 0 Å². The molecule has 0 N–H and O–H groups in total. The van der Waals surface area contributed by atoms with Gasteiger partial charge in [-0.25, -0.2) is 0 Å². The molecule has 3 heterocycles. The van der Waals surface area contributed by atoms with Crippen LogP contribution in [0.5, 0.6) is 0 Å². The molecule has 7 aromatic rings. The van der Waals surface area contributed by atoms with Crippen molar-refractivity contribution in [3.05, 3.63) is 149 Å². The van der Waals surface area contributed by atoms with E-state index in [0.717, 1.165) is 41.1 Å². The zero-order chi connectivity index (χ0) is 44.8. The first kappa shape index (κ1) is 41.5. The highest BCUT2D eigenvalue weighted by atomic mass is 16.3. The fourth-order valence-electron chi connectivity index (χ4n) is 10.8. The van der Waals surface area contributed by atoms with Crippen LogP contribution in [0.3, 0.4) is 0 Å². The second-order valence-corrected chi connectivity index (χ2v) is 23.5. The first-order valence-corrected chi connectivity index (χ1v) is 23.3. The fourth-order valence-corrected chi connectivity index (χ4v) is 10.8. The number of furan rings is 1. The molecule has 0 unspecified atom stereocenters. The quantitative estimate of drug-likeness (QED) is 0.165. The first-order chi connectivity index (χ1) is 29.5. The summed E-state index contributed by atoms with van der Waals surface area (Å²) >= 11 is 0. The lowest BCUT2D eigenvalue weighted by atomic mass is 9.35. The second-order valence-electron chi connectivity index (χ2n) is 23.5. The molecule has 0 fully saturated rings. The van der Waals surface area contributed by atoms with Crippen LogP contribution in [-0.4, -0.2) is 6.71 Å². The van der Waals surface area contributed by atoms with Crippen molar-refractivity contribution in [1.29, 1.82) is 0 Å².